The lowest BCUT2D eigenvalue weighted by Crippen LogP contribution is -2.36. The Labute approximate surface area is 99.7 Å². The average Bonchev–Trinajstić information content (AvgIpc) is 2.65. The van der Waals surface area contributed by atoms with Gasteiger partial charge in [0.05, 0.1) is 6.61 Å². The summed E-state index contributed by atoms with van der Waals surface area (Å²) >= 11 is 7.33. The highest BCUT2D eigenvalue weighted by Gasteiger charge is 2.17. The van der Waals surface area contributed by atoms with Crippen LogP contribution in [0.15, 0.2) is 5.38 Å². The molecule has 0 fully saturated rings. The highest BCUT2D eigenvalue weighted by Crippen LogP contribution is 2.26. The lowest BCUT2D eigenvalue weighted by molar-refractivity contribution is 0.296. The second kappa shape index (κ2) is 6.30. The Morgan fingerprint density at radius 2 is 2.20 bits per heavy atom. The molecular weight excluding hydrogens is 232 g/mol. The molecule has 3 nitrogen and oxygen atoms in total. The second-order valence-corrected chi connectivity index (χ2v) is 4.56. The summed E-state index contributed by atoms with van der Waals surface area (Å²) < 4.78 is 0. The molecule has 0 aliphatic heterocycles. The summed E-state index contributed by atoms with van der Waals surface area (Å²) in [4.78, 5) is 6.38. The van der Waals surface area contributed by atoms with E-state index in [1.165, 1.54) is 11.3 Å². The average molecular weight is 249 g/mol. The number of rotatable bonds is 6. The summed E-state index contributed by atoms with van der Waals surface area (Å²) in [5, 5.41) is 12.3. The molecule has 15 heavy (non-hydrogen) atoms. The quantitative estimate of drug-likeness (QED) is 0.841. The van der Waals surface area contributed by atoms with Gasteiger partial charge < -0.3 is 10.0 Å². The summed E-state index contributed by atoms with van der Waals surface area (Å²) in [6.45, 7) is 5.06. The molecule has 1 heterocycles. The summed E-state index contributed by atoms with van der Waals surface area (Å²) in [7, 11) is 0. The van der Waals surface area contributed by atoms with Crippen molar-refractivity contribution in [2.24, 2.45) is 0 Å². The van der Waals surface area contributed by atoms with Gasteiger partial charge in [-0.05, 0) is 12.8 Å². The molecule has 5 heteroatoms. The molecule has 0 saturated heterocycles. The van der Waals surface area contributed by atoms with Gasteiger partial charge in [-0.2, -0.15) is 0 Å². The Morgan fingerprint density at radius 1 is 1.53 bits per heavy atom. The number of aliphatic hydroxyl groups is 1. The van der Waals surface area contributed by atoms with E-state index in [9.17, 15) is 0 Å². The molecule has 1 aromatic rings. The van der Waals surface area contributed by atoms with Crippen molar-refractivity contribution in [3.05, 3.63) is 10.5 Å². The maximum Gasteiger partial charge on any atom is 0.187 e. The molecule has 0 aliphatic rings. The van der Waals surface area contributed by atoms with Crippen molar-refractivity contribution in [3.63, 3.8) is 0 Å². The summed E-state index contributed by atoms with van der Waals surface area (Å²) in [6.07, 6.45) is 2.10. The molecule has 1 aromatic heterocycles. The highest BCUT2D eigenvalue weighted by atomic mass is 35.5. The first-order chi connectivity index (χ1) is 7.22. The normalized spacial score (nSPS) is 11.0. The maximum absolute atomic E-state index is 9.05. The van der Waals surface area contributed by atoms with Crippen molar-refractivity contribution in [1.82, 2.24) is 4.98 Å². The van der Waals surface area contributed by atoms with E-state index >= 15 is 0 Å². The van der Waals surface area contributed by atoms with Gasteiger partial charge in [-0.25, -0.2) is 4.98 Å². The Kier molecular flexibility index (Phi) is 5.36. The van der Waals surface area contributed by atoms with Crippen LogP contribution in [0.3, 0.4) is 0 Å². The predicted molar refractivity (Wildman–Crippen MR) is 65.9 cm³/mol. The van der Waals surface area contributed by atoms with Crippen LogP contribution in [0.1, 0.15) is 26.7 Å². The van der Waals surface area contributed by atoms with Crippen LogP contribution in [0.5, 0.6) is 0 Å². The first-order valence-electron chi connectivity index (χ1n) is 5.21. The van der Waals surface area contributed by atoms with Gasteiger partial charge in [-0.1, -0.05) is 25.4 Å². The fourth-order valence-corrected chi connectivity index (χ4v) is 2.69. The zero-order valence-electron chi connectivity index (χ0n) is 9.11. The van der Waals surface area contributed by atoms with Gasteiger partial charge in [0, 0.05) is 18.0 Å². The molecule has 0 aromatic carbocycles. The van der Waals surface area contributed by atoms with Crippen molar-refractivity contribution in [2.45, 2.75) is 32.7 Å². The van der Waals surface area contributed by atoms with Gasteiger partial charge in [-0.3, -0.25) is 0 Å². The van der Waals surface area contributed by atoms with E-state index < -0.39 is 0 Å². The summed E-state index contributed by atoms with van der Waals surface area (Å²) in [5.41, 5.74) is 0. The van der Waals surface area contributed by atoms with Crippen LogP contribution < -0.4 is 4.90 Å². The Hall–Kier alpha value is -0.320. The van der Waals surface area contributed by atoms with Crippen molar-refractivity contribution in [1.29, 1.82) is 0 Å². The van der Waals surface area contributed by atoms with E-state index in [0.29, 0.717) is 17.7 Å². The third-order valence-corrected chi connectivity index (χ3v) is 3.63. The number of thiazole rings is 1. The Balaban J connectivity index is 2.81. The minimum atomic E-state index is 0.147. The lowest BCUT2D eigenvalue weighted by Gasteiger charge is -2.29. The molecule has 0 spiro atoms. The number of hydrogen-bond donors (Lipinski definition) is 1. The fourth-order valence-electron chi connectivity index (χ4n) is 1.65. The first-order valence-corrected chi connectivity index (χ1v) is 6.47. The van der Waals surface area contributed by atoms with Gasteiger partial charge in [0.1, 0.15) is 5.15 Å². The number of hydrogen-bond acceptors (Lipinski definition) is 4. The molecule has 86 valence electrons. The zero-order valence-corrected chi connectivity index (χ0v) is 10.7. The third-order valence-electron chi connectivity index (χ3n) is 2.43. The highest BCUT2D eigenvalue weighted by molar-refractivity contribution is 7.14. The van der Waals surface area contributed by atoms with Crippen LogP contribution in [-0.2, 0) is 0 Å². The van der Waals surface area contributed by atoms with Gasteiger partial charge >= 0.3 is 0 Å². The monoisotopic (exact) mass is 248 g/mol. The van der Waals surface area contributed by atoms with Crippen molar-refractivity contribution >= 4 is 28.1 Å². The predicted octanol–water partition coefficient (Wildman–Crippen LogP) is 2.78. The minimum absolute atomic E-state index is 0.147. The standard InChI is InChI=1S/C10H17ClN2OS/c1-3-8(4-2)13(5-6-14)10-12-9(11)7-15-10/h7-8,14H,3-6H2,1-2H3. The Bertz CT molecular complexity index is 289. The van der Waals surface area contributed by atoms with Crippen LogP contribution in [0.25, 0.3) is 0 Å². The topological polar surface area (TPSA) is 36.4 Å². The van der Waals surface area contributed by atoms with E-state index in [1.54, 1.807) is 0 Å². The molecule has 0 amide bonds. The molecule has 0 atom stereocenters. The summed E-state index contributed by atoms with van der Waals surface area (Å²) in [6, 6.07) is 0.430. The number of aromatic nitrogens is 1. The minimum Gasteiger partial charge on any atom is -0.395 e. The van der Waals surface area contributed by atoms with Gasteiger partial charge in [-0.15, -0.1) is 11.3 Å². The number of nitrogens with zero attached hydrogens (tertiary/aromatic N) is 2. The van der Waals surface area contributed by atoms with Crippen LogP contribution in [0.4, 0.5) is 5.13 Å². The van der Waals surface area contributed by atoms with Crippen molar-refractivity contribution in [2.75, 3.05) is 18.1 Å². The van der Waals surface area contributed by atoms with Gasteiger partial charge in [0.25, 0.3) is 0 Å². The summed E-state index contributed by atoms with van der Waals surface area (Å²) in [5.74, 6) is 0. The molecule has 0 unspecified atom stereocenters. The third kappa shape index (κ3) is 3.33. The molecule has 0 radical (unpaired) electrons. The fraction of sp³-hybridized carbons (Fsp3) is 0.700. The van der Waals surface area contributed by atoms with Crippen LogP contribution in [0.2, 0.25) is 5.15 Å². The van der Waals surface area contributed by atoms with Crippen LogP contribution in [-0.4, -0.2) is 29.3 Å². The lowest BCUT2D eigenvalue weighted by atomic mass is 10.1. The number of anilines is 1. The largest absolute Gasteiger partial charge is 0.395 e. The second-order valence-electron chi connectivity index (χ2n) is 3.34. The smallest absolute Gasteiger partial charge is 0.187 e. The van der Waals surface area contributed by atoms with Crippen molar-refractivity contribution < 1.29 is 5.11 Å². The van der Waals surface area contributed by atoms with Crippen molar-refractivity contribution in [3.8, 4) is 0 Å². The van der Waals surface area contributed by atoms with Crippen LogP contribution in [0, 0.1) is 0 Å². The van der Waals surface area contributed by atoms with E-state index in [1.807, 2.05) is 5.38 Å². The van der Waals surface area contributed by atoms with E-state index in [0.717, 1.165) is 18.0 Å². The molecular formula is C10H17ClN2OS. The van der Waals surface area contributed by atoms with Crippen LogP contribution >= 0.6 is 22.9 Å². The van der Waals surface area contributed by atoms with E-state index in [4.69, 9.17) is 16.7 Å². The molecule has 1 rings (SSSR count). The molecule has 1 N–H and O–H groups in total. The van der Waals surface area contributed by atoms with Gasteiger partial charge in [0.2, 0.25) is 0 Å². The molecule has 0 saturated carbocycles. The number of aliphatic hydroxyl groups excluding tert-OH is 1. The Morgan fingerprint density at radius 3 is 2.60 bits per heavy atom. The zero-order chi connectivity index (χ0) is 11.3. The molecule has 0 bridgehead atoms. The van der Waals surface area contributed by atoms with Gasteiger partial charge in [0.15, 0.2) is 5.13 Å². The first kappa shape index (κ1) is 12.7. The SMILES string of the molecule is CCC(CC)N(CCO)c1nc(Cl)cs1. The van der Waals surface area contributed by atoms with E-state index in [2.05, 4.69) is 23.7 Å². The van der Waals surface area contributed by atoms with E-state index in [-0.39, 0.29) is 6.61 Å². The number of halogens is 1. The molecule has 0 aliphatic carbocycles. The maximum atomic E-state index is 9.05.